The summed E-state index contributed by atoms with van der Waals surface area (Å²) in [5, 5.41) is 7.74. The minimum atomic E-state index is -0.110. The van der Waals surface area contributed by atoms with Crippen LogP contribution in [-0.4, -0.2) is 37.1 Å². The molecule has 0 spiro atoms. The lowest BCUT2D eigenvalue weighted by atomic mass is 10.2. The van der Waals surface area contributed by atoms with Gasteiger partial charge in [-0.1, -0.05) is 23.5 Å². The number of carbonyl (C=O) groups excluding carboxylic acids is 1. The van der Waals surface area contributed by atoms with E-state index in [4.69, 9.17) is 4.52 Å². The van der Waals surface area contributed by atoms with Gasteiger partial charge < -0.3 is 9.42 Å². The van der Waals surface area contributed by atoms with Crippen LogP contribution >= 0.6 is 11.5 Å². The third-order valence-electron chi connectivity index (χ3n) is 3.34. The highest BCUT2D eigenvalue weighted by Crippen LogP contribution is 2.32. The Morgan fingerprint density at radius 2 is 2.40 bits per heavy atom. The van der Waals surface area contributed by atoms with Crippen LogP contribution in [0.15, 0.2) is 10.7 Å². The zero-order valence-corrected chi connectivity index (χ0v) is 12.1. The fraction of sp³-hybridized carbons (Fsp3) is 0.583. The van der Waals surface area contributed by atoms with Gasteiger partial charge in [-0.05, 0) is 24.4 Å². The van der Waals surface area contributed by atoms with Gasteiger partial charge in [0.05, 0.1) is 12.2 Å². The largest absolute Gasteiger partial charge is 0.339 e. The standard InChI is InChI=1S/C12H15N5O2S/c1-7(2)11-14-10(15-19-11)8-4-3-5-17(8)12(18)9-6-13-16-20-9/h6-8H,3-5H2,1-2H3/t8-/m1/s1. The van der Waals surface area contributed by atoms with Gasteiger partial charge in [0.15, 0.2) is 5.82 Å². The first-order valence-electron chi connectivity index (χ1n) is 6.58. The molecule has 1 atom stereocenters. The fourth-order valence-corrected chi connectivity index (χ4v) is 2.77. The molecule has 20 heavy (non-hydrogen) atoms. The first-order chi connectivity index (χ1) is 9.66. The van der Waals surface area contributed by atoms with E-state index >= 15 is 0 Å². The molecule has 1 amide bonds. The van der Waals surface area contributed by atoms with E-state index in [1.165, 1.54) is 6.20 Å². The van der Waals surface area contributed by atoms with Gasteiger partial charge in [-0.15, -0.1) is 5.10 Å². The molecule has 0 unspecified atom stereocenters. The van der Waals surface area contributed by atoms with Crippen LogP contribution in [0.1, 0.15) is 60.0 Å². The maximum atomic E-state index is 12.4. The summed E-state index contributed by atoms with van der Waals surface area (Å²) in [6.45, 7) is 4.70. The van der Waals surface area contributed by atoms with Crippen molar-refractivity contribution in [1.82, 2.24) is 24.6 Å². The van der Waals surface area contributed by atoms with Crippen LogP contribution in [0.3, 0.4) is 0 Å². The number of nitrogens with zero attached hydrogens (tertiary/aromatic N) is 5. The van der Waals surface area contributed by atoms with Gasteiger partial charge in [0.25, 0.3) is 5.91 Å². The summed E-state index contributed by atoms with van der Waals surface area (Å²) in [6.07, 6.45) is 3.29. The molecule has 0 saturated carbocycles. The first kappa shape index (κ1) is 13.2. The summed E-state index contributed by atoms with van der Waals surface area (Å²) in [7, 11) is 0. The Balaban J connectivity index is 1.83. The fourth-order valence-electron chi connectivity index (χ4n) is 2.30. The van der Waals surface area contributed by atoms with Gasteiger partial charge in [-0.3, -0.25) is 4.79 Å². The molecular formula is C12H15N5O2S. The normalized spacial score (nSPS) is 18.9. The van der Waals surface area contributed by atoms with E-state index in [1.54, 1.807) is 4.90 Å². The van der Waals surface area contributed by atoms with Crippen LogP contribution in [0.2, 0.25) is 0 Å². The third kappa shape index (κ3) is 2.31. The molecule has 0 N–H and O–H groups in total. The van der Waals surface area contributed by atoms with Crippen molar-refractivity contribution in [2.45, 2.75) is 38.6 Å². The Bertz CT molecular complexity index is 595. The van der Waals surface area contributed by atoms with Crippen molar-refractivity contribution in [2.24, 2.45) is 0 Å². The van der Waals surface area contributed by atoms with Crippen LogP contribution in [0.4, 0.5) is 0 Å². The molecule has 0 aromatic carbocycles. The second-order valence-corrected chi connectivity index (χ2v) is 5.87. The number of rotatable bonds is 3. The lowest BCUT2D eigenvalue weighted by Gasteiger charge is -2.20. The molecule has 2 aromatic rings. The molecule has 2 aromatic heterocycles. The maximum absolute atomic E-state index is 12.4. The topological polar surface area (TPSA) is 85.0 Å². The summed E-state index contributed by atoms with van der Waals surface area (Å²) in [6, 6.07) is -0.110. The van der Waals surface area contributed by atoms with E-state index in [0.717, 1.165) is 24.4 Å². The molecule has 7 nitrogen and oxygen atoms in total. The Hall–Kier alpha value is -1.83. The van der Waals surface area contributed by atoms with E-state index in [9.17, 15) is 4.79 Å². The quantitative estimate of drug-likeness (QED) is 0.860. The van der Waals surface area contributed by atoms with Gasteiger partial charge >= 0.3 is 0 Å². The molecule has 0 radical (unpaired) electrons. The van der Waals surface area contributed by atoms with Crippen LogP contribution in [0, 0.1) is 0 Å². The Labute approximate surface area is 120 Å². The average molecular weight is 293 g/mol. The molecule has 106 valence electrons. The van der Waals surface area contributed by atoms with Crippen LogP contribution in [-0.2, 0) is 0 Å². The lowest BCUT2D eigenvalue weighted by molar-refractivity contribution is 0.0733. The van der Waals surface area contributed by atoms with Crippen molar-refractivity contribution in [3.05, 3.63) is 22.8 Å². The van der Waals surface area contributed by atoms with Crippen molar-refractivity contribution in [3.63, 3.8) is 0 Å². The van der Waals surface area contributed by atoms with Crippen LogP contribution in [0.5, 0.6) is 0 Å². The predicted molar refractivity (Wildman–Crippen MR) is 71.3 cm³/mol. The molecule has 8 heteroatoms. The maximum Gasteiger partial charge on any atom is 0.267 e. The van der Waals surface area contributed by atoms with Gasteiger partial charge in [0.1, 0.15) is 4.88 Å². The second-order valence-electron chi connectivity index (χ2n) is 5.08. The smallest absolute Gasteiger partial charge is 0.267 e. The van der Waals surface area contributed by atoms with E-state index in [1.807, 2.05) is 13.8 Å². The highest BCUT2D eigenvalue weighted by atomic mass is 32.1. The van der Waals surface area contributed by atoms with E-state index in [-0.39, 0.29) is 17.9 Å². The van der Waals surface area contributed by atoms with Gasteiger partial charge in [-0.25, -0.2) is 0 Å². The van der Waals surface area contributed by atoms with Gasteiger partial charge in [0, 0.05) is 12.5 Å². The molecule has 1 saturated heterocycles. The highest BCUT2D eigenvalue weighted by molar-refractivity contribution is 7.07. The summed E-state index contributed by atoms with van der Waals surface area (Å²) in [4.78, 5) is 19.1. The number of aromatic nitrogens is 4. The number of hydrogen-bond acceptors (Lipinski definition) is 7. The summed E-state index contributed by atoms with van der Waals surface area (Å²) >= 11 is 1.11. The van der Waals surface area contributed by atoms with Crippen molar-refractivity contribution < 1.29 is 9.32 Å². The SMILES string of the molecule is CC(C)c1nc([C@H]2CCCN2C(=O)c2cnns2)no1. The van der Waals surface area contributed by atoms with E-state index in [0.29, 0.717) is 23.1 Å². The molecule has 0 aliphatic carbocycles. The van der Waals surface area contributed by atoms with Crippen LogP contribution < -0.4 is 0 Å². The molecule has 3 rings (SSSR count). The van der Waals surface area contributed by atoms with E-state index < -0.39 is 0 Å². The molecule has 1 aliphatic heterocycles. The lowest BCUT2D eigenvalue weighted by Crippen LogP contribution is -2.30. The van der Waals surface area contributed by atoms with Gasteiger partial charge in [0.2, 0.25) is 5.89 Å². The number of carbonyl (C=O) groups is 1. The van der Waals surface area contributed by atoms with Crippen molar-refractivity contribution in [1.29, 1.82) is 0 Å². The molecule has 1 fully saturated rings. The highest BCUT2D eigenvalue weighted by Gasteiger charge is 2.34. The summed E-state index contributed by atoms with van der Waals surface area (Å²) < 4.78 is 8.97. The first-order valence-corrected chi connectivity index (χ1v) is 7.36. The Morgan fingerprint density at radius 1 is 1.55 bits per heavy atom. The zero-order valence-electron chi connectivity index (χ0n) is 11.3. The zero-order chi connectivity index (χ0) is 14.1. The number of likely N-dealkylation sites (tertiary alicyclic amines) is 1. The molecular weight excluding hydrogens is 278 g/mol. The molecule has 3 heterocycles. The minimum absolute atomic E-state index is 0.0570. The second kappa shape index (κ2) is 5.28. The summed E-state index contributed by atoms with van der Waals surface area (Å²) in [5.74, 6) is 1.33. The predicted octanol–water partition coefficient (Wildman–Crippen LogP) is 2.02. The average Bonchev–Trinajstić information content (AvgIpc) is 3.17. The van der Waals surface area contributed by atoms with E-state index in [2.05, 4.69) is 19.7 Å². The molecule has 0 bridgehead atoms. The Morgan fingerprint density at radius 3 is 3.05 bits per heavy atom. The van der Waals surface area contributed by atoms with Crippen LogP contribution in [0.25, 0.3) is 0 Å². The molecule has 1 aliphatic rings. The third-order valence-corrected chi connectivity index (χ3v) is 3.99. The monoisotopic (exact) mass is 293 g/mol. The minimum Gasteiger partial charge on any atom is -0.339 e. The summed E-state index contributed by atoms with van der Waals surface area (Å²) in [5.41, 5.74) is 0. The Kier molecular flexibility index (Phi) is 3.47. The number of hydrogen-bond donors (Lipinski definition) is 0. The van der Waals surface area contributed by atoms with Crippen molar-refractivity contribution >= 4 is 17.4 Å². The van der Waals surface area contributed by atoms with Crippen molar-refractivity contribution in [2.75, 3.05) is 6.54 Å². The number of amides is 1. The van der Waals surface area contributed by atoms with Gasteiger partial charge in [-0.2, -0.15) is 4.98 Å². The van der Waals surface area contributed by atoms with Crippen molar-refractivity contribution in [3.8, 4) is 0 Å².